The number of hydrogen-bond donors (Lipinski definition) is 1. The second-order valence-corrected chi connectivity index (χ2v) is 6.50. The van der Waals surface area contributed by atoms with E-state index in [4.69, 9.17) is 11.6 Å². The Morgan fingerprint density at radius 1 is 1.60 bits per heavy atom. The van der Waals surface area contributed by atoms with E-state index in [-0.39, 0.29) is 0 Å². The van der Waals surface area contributed by atoms with Gasteiger partial charge in [0.1, 0.15) is 0 Å². The van der Waals surface area contributed by atoms with Gasteiger partial charge in [0.2, 0.25) is 0 Å². The second-order valence-electron chi connectivity index (χ2n) is 6.13. The summed E-state index contributed by atoms with van der Waals surface area (Å²) < 4.78 is 1.85. The number of rotatable bonds is 4. The van der Waals surface area contributed by atoms with Crippen molar-refractivity contribution in [2.75, 3.05) is 0 Å². The molecule has 1 saturated carbocycles. The van der Waals surface area contributed by atoms with E-state index in [1.165, 1.54) is 0 Å². The maximum absolute atomic E-state index is 11.9. The molecule has 0 bridgehead atoms. The maximum Gasteiger partial charge on any atom is 0.310 e. The van der Waals surface area contributed by atoms with Crippen LogP contribution in [0, 0.1) is 18.3 Å². The molecule has 1 aromatic heterocycles. The molecule has 1 aliphatic carbocycles. The van der Waals surface area contributed by atoms with E-state index in [2.05, 4.69) is 12.0 Å². The van der Waals surface area contributed by atoms with Gasteiger partial charge in [0.15, 0.2) is 0 Å². The third kappa shape index (κ3) is 2.71. The first kappa shape index (κ1) is 15.4. The summed E-state index contributed by atoms with van der Waals surface area (Å²) in [5, 5.41) is 14.8. The predicted molar refractivity (Wildman–Crippen MR) is 79.1 cm³/mol. The molecule has 20 heavy (non-hydrogen) atoms. The normalized spacial score (nSPS) is 26.7. The van der Waals surface area contributed by atoms with E-state index in [0.717, 1.165) is 37.1 Å². The number of carboxylic acids is 1. The van der Waals surface area contributed by atoms with Crippen molar-refractivity contribution in [1.82, 2.24) is 9.78 Å². The Labute approximate surface area is 125 Å². The van der Waals surface area contributed by atoms with Gasteiger partial charge in [0, 0.05) is 13.0 Å². The van der Waals surface area contributed by atoms with Crippen LogP contribution in [-0.2, 0) is 17.8 Å². The summed E-state index contributed by atoms with van der Waals surface area (Å²) >= 11 is 6.34. The second kappa shape index (κ2) is 5.76. The number of hydrogen-bond acceptors (Lipinski definition) is 2. The van der Waals surface area contributed by atoms with Crippen molar-refractivity contribution in [2.45, 2.75) is 59.4 Å². The molecule has 0 aliphatic heterocycles. The zero-order chi connectivity index (χ0) is 14.9. The topological polar surface area (TPSA) is 55.1 Å². The fourth-order valence-electron chi connectivity index (χ4n) is 3.45. The molecule has 1 fully saturated rings. The van der Waals surface area contributed by atoms with Crippen LogP contribution in [0.3, 0.4) is 0 Å². The third-order valence-electron chi connectivity index (χ3n) is 4.50. The number of carbonyl (C=O) groups is 1. The summed E-state index contributed by atoms with van der Waals surface area (Å²) in [5.74, 6) is -0.237. The van der Waals surface area contributed by atoms with E-state index in [1.807, 2.05) is 18.5 Å². The zero-order valence-electron chi connectivity index (χ0n) is 12.4. The number of aliphatic carboxylic acids is 1. The van der Waals surface area contributed by atoms with Gasteiger partial charge in [-0.3, -0.25) is 9.48 Å². The average molecular weight is 299 g/mol. The van der Waals surface area contributed by atoms with Gasteiger partial charge in [-0.1, -0.05) is 31.4 Å². The summed E-state index contributed by atoms with van der Waals surface area (Å²) in [6.07, 6.45) is 4.04. The monoisotopic (exact) mass is 298 g/mol. The van der Waals surface area contributed by atoms with Crippen LogP contribution in [0.2, 0.25) is 5.02 Å². The van der Waals surface area contributed by atoms with Gasteiger partial charge in [-0.2, -0.15) is 5.10 Å². The van der Waals surface area contributed by atoms with Gasteiger partial charge in [0.05, 0.1) is 21.8 Å². The number of halogens is 1. The molecule has 2 rings (SSSR count). The quantitative estimate of drug-likeness (QED) is 0.922. The van der Waals surface area contributed by atoms with Crippen LogP contribution < -0.4 is 0 Å². The summed E-state index contributed by atoms with van der Waals surface area (Å²) in [6, 6.07) is 0. The lowest BCUT2D eigenvalue weighted by Gasteiger charge is -2.36. The molecule has 0 saturated heterocycles. The lowest BCUT2D eigenvalue weighted by molar-refractivity contribution is -0.152. The number of aryl methyl sites for hydroxylation is 2. The Bertz CT molecular complexity index is 512. The summed E-state index contributed by atoms with van der Waals surface area (Å²) in [5.41, 5.74) is 0.983. The third-order valence-corrected chi connectivity index (χ3v) is 5.00. The Morgan fingerprint density at radius 3 is 2.85 bits per heavy atom. The molecule has 1 heterocycles. The molecule has 1 N–H and O–H groups in total. The van der Waals surface area contributed by atoms with Crippen LogP contribution in [0.15, 0.2) is 0 Å². The number of nitrogens with zero attached hydrogens (tertiary/aromatic N) is 2. The average Bonchev–Trinajstić information content (AvgIpc) is 2.66. The number of carboxylic acid groups (broad SMARTS) is 1. The highest BCUT2D eigenvalue weighted by atomic mass is 35.5. The van der Waals surface area contributed by atoms with Crippen LogP contribution in [0.1, 0.15) is 50.9 Å². The van der Waals surface area contributed by atoms with E-state index < -0.39 is 11.4 Å². The van der Waals surface area contributed by atoms with E-state index in [1.54, 1.807) is 0 Å². The van der Waals surface area contributed by atoms with Gasteiger partial charge >= 0.3 is 5.97 Å². The first-order valence-electron chi connectivity index (χ1n) is 7.35. The highest BCUT2D eigenvalue weighted by Gasteiger charge is 2.43. The van der Waals surface area contributed by atoms with Crippen molar-refractivity contribution in [3.63, 3.8) is 0 Å². The smallest absolute Gasteiger partial charge is 0.310 e. The molecule has 0 aromatic carbocycles. The summed E-state index contributed by atoms with van der Waals surface area (Å²) in [7, 11) is 0. The first-order chi connectivity index (χ1) is 9.39. The molecular formula is C15H23ClN2O2. The van der Waals surface area contributed by atoms with Crippen molar-refractivity contribution >= 4 is 17.6 Å². The molecule has 0 radical (unpaired) electrons. The van der Waals surface area contributed by atoms with Gasteiger partial charge in [-0.15, -0.1) is 0 Å². The van der Waals surface area contributed by atoms with Crippen molar-refractivity contribution in [2.24, 2.45) is 11.3 Å². The molecule has 2 unspecified atom stereocenters. The lowest BCUT2D eigenvalue weighted by Crippen LogP contribution is -2.38. The van der Waals surface area contributed by atoms with Gasteiger partial charge in [-0.05, 0) is 32.6 Å². The minimum atomic E-state index is -0.693. The first-order valence-corrected chi connectivity index (χ1v) is 7.72. The predicted octanol–water partition coefficient (Wildman–Crippen LogP) is 3.69. The highest BCUT2D eigenvalue weighted by molar-refractivity contribution is 6.31. The molecule has 1 aliphatic rings. The van der Waals surface area contributed by atoms with E-state index in [9.17, 15) is 9.90 Å². The van der Waals surface area contributed by atoms with Crippen LogP contribution in [0.4, 0.5) is 0 Å². The molecule has 5 heteroatoms. The van der Waals surface area contributed by atoms with Crippen molar-refractivity contribution in [1.29, 1.82) is 0 Å². The molecule has 4 nitrogen and oxygen atoms in total. The molecule has 2 atom stereocenters. The van der Waals surface area contributed by atoms with E-state index in [0.29, 0.717) is 23.9 Å². The number of aromatic nitrogens is 2. The van der Waals surface area contributed by atoms with Crippen molar-refractivity contribution in [3.8, 4) is 0 Å². The standard InChI is InChI=1S/C15H23ClN2O2/c1-4-18-12(13(16)11(3)17-18)9-15(14(19)20)7-5-6-10(2)8-15/h10H,4-9H2,1-3H3,(H,19,20). The molecule has 112 valence electrons. The Balaban J connectivity index is 2.36. The van der Waals surface area contributed by atoms with Crippen LogP contribution in [0.25, 0.3) is 0 Å². The maximum atomic E-state index is 11.9. The van der Waals surface area contributed by atoms with Gasteiger partial charge < -0.3 is 5.11 Å². The fourth-order valence-corrected chi connectivity index (χ4v) is 3.65. The van der Waals surface area contributed by atoms with Crippen LogP contribution >= 0.6 is 11.6 Å². The van der Waals surface area contributed by atoms with Crippen molar-refractivity contribution < 1.29 is 9.90 Å². The summed E-state index contributed by atoms with van der Waals surface area (Å²) in [4.78, 5) is 11.9. The van der Waals surface area contributed by atoms with E-state index >= 15 is 0 Å². The van der Waals surface area contributed by atoms with Crippen LogP contribution in [-0.4, -0.2) is 20.9 Å². The molecule has 0 amide bonds. The summed E-state index contributed by atoms with van der Waals surface area (Å²) in [6.45, 7) is 6.73. The van der Waals surface area contributed by atoms with Crippen LogP contribution in [0.5, 0.6) is 0 Å². The van der Waals surface area contributed by atoms with Gasteiger partial charge in [0.25, 0.3) is 0 Å². The molecular weight excluding hydrogens is 276 g/mol. The van der Waals surface area contributed by atoms with Gasteiger partial charge in [-0.25, -0.2) is 0 Å². The highest BCUT2D eigenvalue weighted by Crippen LogP contribution is 2.43. The Morgan fingerprint density at radius 2 is 2.30 bits per heavy atom. The fraction of sp³-hybridized carbons (Fsp3) is 0.733. The molecule has 0 spiro atoms. The largest absolute Gasteiger partial charge is 0.481 e. The zero-order valence-corrected chi connectivity index (χ0v) is 13.2. The minimum absolute atomic E-state index is 0.456. The Kier molecular flexibility index (Phi) is 4.43. The SMILES string of the molecule is CCn1nc(C)c(Cl)c1CC1(C(=O)O)CCCC(C)C1. The Hall–Kier alpha value is -1.03. The lowest BCUT2D eigenvalue weighted by atomic mass is 9.67. The molecule has 1 aromatic rings. The van der Waals surface area contributed by atoms with Crippen molar-refractivity contribution in [3.05, 3.63) is 16.4 Å². The minimum Gasteiger partial charge on any atom is -0.481 e.